The zero-order valence-corrected chi connectivity index (χ0v) is 17.1. The fraction of sp³-hybridized carbons (Fsp3) is 0.611. The van der Waals surface area contributed by atoms with Crippen LogP contribution < -0.4 is 15.8 Å². The highest BCUT2D eigenvalue weighted by Crippen LogP contribution is 2.18. The van der Waals surface area contributed by atoms with Crippen molar-refractivity contribution in [3.63, 3.8) is 0 Å². The molecule has 3 N–H and O–H groups in total. The Balaban J connectivity index is 0.00000312. The number of halogens is 2. The normalized spacial score (nSPS) is 15.5. The molecule has 1 aromatic carbocycles. The van der Waals surface area contributed by atoms with Gasteiger partial charge in [-0.3, -0.25) is 4.79 Å². The molecule has 6 nitrogen and oxygen atoms in total. The maximum absolute atomic E-state index is 12.2. The van der Waals surface area contributed by atoms with Crippen molar-refractivity contribution in [3.05, 3.63) is 29.8 Å². The Hall–Kier alpha value is -1.05. The molecule has 1 aliphatic rings. The predicted molar refractivity (Wildman–Crippen MR) is 108 cm³/mol. The largest absolute Gasteiger partial charge is 0.492 e. The Morgan fingerprint density at radius 3 is 2.46 bits per heavy atom. The predicted octanol–water partition coefficient (Wildman–Crippen LogP) is 1.84. The maximum atomic E-state index is 12.2. The van der Waals surface area contributed by atoms with Crippen molar-refractivity contribution in [3.8, 4) is 5.75 Å². The van der Waals surface area contributed by atoms with Gasteiger partial charge in [0, 0.05) is 26.3 Å². The summed E-state index contributed by atoms with van der Waals surface area (Å²) in [7, 11) is 4.03. The summed E-state index contributed by atoms with van der Waals surface area (Å²) >= 11 is 0. The van der Waals surface area contributed by atoms with E-state index in [4.69, 9.17) is 15.2 Å². The van der Waals surface area contributed by atoms with E-state index >= 15 is 0 Å². The molecule has 1 heterocycles. The topological polar surface area (TPSA) is 76.8 Å². The highest BCUT2D eigenvalue weighted by molar-refractivity contribution is 5.85. The first kappa shape index (κ1) is 24.9. The number of ether oxygens (including phenoxy) is 2. The Morgan fingerprint density at radius 1 is 1.27 bits per heavy atom. The summed E-state index contributed by atoms with van der Waals surface area (Å²) in [5.74, 6) is 0.963. The number of nitrogens with two attached hydrogens (primary N) is 1. The smallest absolute Gasteiger partial charge is 0.237 e. The number of hydrogen-bond donors (Lipinski definition) is 2. The number of hydrogen-bond acceptors (Lipinski definition) is 5. The van der Waals surface area contributed by atoms with Crippen molar-refractivity contribution in [2.75, 3.05) is 40.5 Å². The number of nitrogens with zero attached hydrogens (tertiary/aromatic N) is 1. The molecule has 1 fully saturated rings. The Labute approximate surface area is 168 Å². The van der Waals surface area contributed by atoms with Gasteiger partial charge in [0.05, 0.1) is 6.04 Å². The van der Waals surface area contributed by atoms with Crippen molar-refractivity contribution < 1.29 is 14.3 Å². The molecule has 150 valence electrons. The average molecular weight is 408 g/mol. The van der Waals surface area contributed by atoms with E-state index in [9.17, 15) is 4.79 Å². The first-order valence-corrected chi connectivity index (χ1v) is 8.54. The lowest BCUT2D eigenvalue weighted by Gasteiger charge is -2.26. The molecular formula is C18H31Cl2N3O3. The van der Waals surface area contributed by atoms with Crippen LogP contribution in [0.25, 0.3) is 0 Å². The van der Waals surface area contributed by atoms with Gasteiger partial charge in [-0.25, -0.2) is 0 Å². The van der Waals surface area contributed by atoms with Crippen molar-refractivity contribution in [1.29, 1.82) is 0 Å². The van der Waals surface area contributed by atoms with Crippen molar-refractivity contribution in [2.45, 2.75) is 25.4 Å². The number of carbonyl (C=O) groups is 1. The van der Waals surface area contributed by atoms with Crippen LogP contribution in [0.4, 0.5) is 0 Å². The van der Waals surface area contributed by atoms with Gasteiger partial charge >= 0.3 is 0 Å². The first-order chi connectivity index (χ1) is 11.6. The SMILES string of the molecule is CN(C)CCOc1ccc(CNC(=O)C(N)C2CCOCC2)cc1.Cl.Cl. The van der Waals surface area contributed by atoms with Gasteiger partial charge in [-0.1, -0.05) is 12.1 Å². The molecular weight excluding hydrogens is 377 g/mol. The molecule has 1 atom stereocenters. The lowest BCUT2D eigenvalue weighted by atomic mass is 9.92. The highest BCUT2D eigenvalue weighted by Gasteiger charge is 2.26. The van der Waals surface area contributed by atoms with E-state index < -0.39 is 6.04 Å². The van der Waals surface area contributed by atoms with Crippen LogP contribution in [0.5, 0.6) is 5.75 Å². The molecule has 1 aromatic rings. The third kappa shape index (κ3) is 8.56. The third-order valence-corrected chi connectivity index (χ3v) is 4.27. The van der Waals surface area contributed by atoms with E-state index in [1.807, 2.05) is 38.4 Å². The summed E-state index contributed by atoms with van der Waals surface area (Å²) in [6.07, 6.45) is 1.71. The van der Waals surface area contributed by atoms with E-state index in [2.05, 4.69) is 10.2 Å². The van der Waals surface area contributed by atoms with E-state index in [0.29, 0.717) is 26.4 Å². The molecule has 26 heavy (non-hydrogen) atoms. The second kappa shape index (κ2) is 13.2. The molecule has 1 unspecified atom stereocenters. The summed E-state index contributed by atoms with van der Waals surface area (Å²) in [6, 6.07) is 7.32. The number of carbonyl (C=O) groups excluding carboxylic acids is 1. The minimum atomic E-state index is -0.456. The molecule has 1 saturated heterocycles. The lowest BCUT2D eigenvalue weighted by molar-refractivity contribution is -0.124. The van der Waals surface area contributed by atoms with Crippen LogP contribution in [-0.2, 0) is 16.1 Å². The zero-order chi connectivity index (χ0) is 17.4. The van der Waals surface area contributed by atoms with Gasteiger partial charge in [0.2, 0.25) is 5.91 Å². The standard InChI is InChI=1S/C18H29N3O3.2ClH/c1-21(2)9-12-24-16-5-3-14(4-6-16)13-20-18(22)17(19)15-7-10-23-11-8-15;;/h3-6,15,17H,7-13,19H2,1-2H3,(H,20,22);2*1H. The molecule has 0 aromatic heterocycles. The highest BCUT2D eigenvalue weighted by atomic mass is 35.5. The number of rotatable bonds is 8. The van der Waals surface area contributed by atoms with Crippen LogP contribution in [0.3, 0.4) is 0 Å². The average Bonchev–Trinajstić information content (AvgIpc) is 2.60. The van der Waals surface area contributed by atoms with Crippen LogP contribution in [0.2, 0.25) is 0 Å². The fourth-order valence-corrected chi connectivity index (χ4v) is 2.65. The van der Waals surface area contributed by atoms with Crippen LogP contribution >= 0.6 is 24.8 Å². The number of nitrogens with one attached hydrogen (secondary N) is 1. The fourth-order valence-electron chi connectivity index (χ4n) is 2.65. The first-order valence-electron chi connectivity index (χ1n) is 8.54. The van der Waals surface area contributed by atoms with Crippen molar-refractivity contribution in [2.24, 2.45) is 11.7 Å². The summed E-state index contributed by atoms with van der Waals surface area (Å²) in [4.78, 5) is 14.3. The van der Waals surface area contributed by atoms with Gasteiger partial charge < -0.3 is 25.4 Å². The van der Waals surface area contributed by atoms with E-state index in [1.54, 1.807) is 0 Å². The minimum absolute atomic E-state index is 0. The molecule has 2 rings (SSSR count). The second-order valence-electron chi connectivity index (χ2n) is 6.49. The number of likely N-dealkylation sites (N-methyl/N-ethyl adjacent to an activating group) is 1. The van der Waals surface area contributed by atoms with E-state index in [0.717, 1.165) is 30.7 Å². The van der Waals surface area contributed by atoms with Crippen LogP contribution in [0.1, 0.15) is 18.4 Å². The van der Waals surface area contributed by atoms with Crippen LogP contribution in [0.15, 0.2) is 24.3 Å². The van der Waals surface area contributed by atoms with Crippen LogP contribution in [-0.4, -0.2) is 57.3 Å². The summed E-state index contributed by atoms with van der Waals surface area (Å²) < 4.78 is 11.0. The molecule has 0 spiro atoms. The van der Waals surface area contributed by atoms with Gasteiger partial charge in [0.1, 0.15) is 12.4 Å². The van der Waals surface area contributed by atoms with E-state index in [-0.39, 0.29) is 36.6 Å². The quantitative estimate of drug-likeness (QED) is 0.687. The van der Waals surface area contributed by atoms with Gasteiger partial charge in [0.25, 0.3) is 0 Å². The van der Waals surface area contributed by atoms with Gasteiger partial charge in [-0.2, -0.15) is 0 Å². The molecule has 8 heteroatoms. The molecule has 0 radical (unpaired) electrons. The Bertz CT molecular complexity index is 509. The molecule has 0 bridgehead atoms. The summed E-state index contributed by atoms with van der Waals surface area (Å²) in [6.45, 7) is 3.40. The molecule has 0 aliphatic carbocycles. The van der Waals surface area contributed by atoms with Crippen molar-refractivity contribution >= 4 is 30.7 Å². The monoisotopic (exact) mass is 407 g/mol. The summed E-state index contributed by atoms with van der Waals surface area (Å²) in [5.41, 5.74) is 7.10. The van der Waals surface area contributed by atoms with Gasteiger partial charge in [0.15, 0.2) is 0 Å². The van der Waals surface area contributed by atoms with Gasteiger partial charge in [-0.15, -0.1) is 24.8 Å². The zero-order valence-electron chi connectivity index (χ0n) is 15.5. The third-order valence-electron chi connectivity index (χ3n) is 4.27. The molecule has 0 saturated carbocycles. The molecule has 1 amide bonds. The van der Waals surface area contributed by atoms with E-state index in [1.165, 1.54) is 0 Å². The van der Waals surface area contributed by atoms with Crippen LogP contribution in [0, 0.1) is 5.92 Å². The lowest BCUT2D eigenvalue weighted by Crippen LogP contribution is -2.46. The second-order valence-corrected chi connectivity index (χ2v) is 6.49. The molecule has 1 aliphatic heterocycles. The Kier molecular flexibility index (Phi) is 12.6. The number of amides is 1. The Morgan fingerprint density at radius 2 is 1.88 bits per heavy atom. The summed E-state index contributed by atoms with van der Waals surface area (Å²) in [5, 5.41) is 2.92. The minimum Gasteiger partial charge on any atom is -0.492 e. The van der Waals surface area contributed by atoms with Crippen molar-refractivity contribution in [1.82, 2.24) is 10.2 Å². The van der Waals surface area contributed by atoms with Gasteiger partial charge in [-0.05, 0) is 50.6 Å². The maximum Gasteiger partial charge on any atom is 0.237 e. The number of benzene rings is 1.